The van der Waals surface area contributed by atoms with Crippen LogP contribution in [-0.4, -0.2) is 31.1 Å². The van der Waals surface area contributed by atoms with Crippen LogP contribution in [0.2, 0.25) is 0 Å². The zero-order valence-corrected chi connectivity index (χ0v) is 16.3. The molecule has 0 fully saturated rings. The topological polar surface area (TPSA) is 81.7 Å². The van der Waals surface area contributed by atoms with E-state index in [4.69, 9.17) is 9.47 Å². The van der Waals surface area contributed by atoms with Crippen molar-refractivity contribution in [1.82, 2.24) is 0 Å². The maximum atomic E-state index is 13.2. The van der Waals surface area contributed by atoms with Crippen LogP contribution in [0.4, 0.5) is 13.8 Å². The van der Waals surface area contributed by atoms with Crippen LogP contribution in [0.3, 0.4) is 0 Å². The maximum absolute atomic E-state index is 13.2. The van der Waals surface area contributed by atoms with E-state index in [1.54, 1.807) is 13.0 Å². The van der Waals surface area contributed by atoms with Gasteiger partial charge in [0.1, 0.15) is 16.6 Å². The number of amides is 1. The van der Waals surface area contributed by atoms with Crippen LogP contribution < -0.4 is 5.32 Å². The molecule has 0 saturated heterocycles. The second kappa shape index (κ2) is 9.41. The molecule has 0 bridgehead atoms. The molecule has 1 N–H and O–H groups in total. The Hall–Kier alpha value is -2.81. The van der Waals surface area contributed by atoms with E-state index in [0.717, 1.165) is 17.0 Å². The Morgan fingerprint density at radius 2 is 1.68 bits per heavy atom. The van der Waals surface area contributed by atoms with Gasteiger partial charge in [-0.1, -0.05) is 13.8 Å². The second-order valence-corrected chi connectivity index (χ2v) is 7.13. The monoisotopic (exact) mass is 411 g/mol. The Morgan fingerprint density at radius 1 is 1.04 bits per heavy atom. The summed E-state index contributed by atoms with van der Waals surface area (Å²) in [4.78, 5) is 36.9. The van der Waals surface area contributed by atoms with Crippen LogP contribution in [0.25, 0.3) is 0 Å². The van der Waals surface area contributed by atoms with Gasteiger partial charge >= 0.3 is 11.9 Å². The van der Waals surface area contributed by atoms with Crippen molar-refractivity contribution in [3.05, 3.63) is 51.9 Å². The Labute approximate surface area is 164 Å². The van der Waals surface area contributed by atoms with E-state index in [2.05, 4.69) is 5.32 Å². The van der Waals surface area contributed by atoms with Gasteiger partial charge in [-0.3, -0.25) is 4.79 Å². The van der Waals surface area contributed by atoms with Gasteiger partial charge in [-0.15, -0.1) is 11.3 Å². The Morgan fingerprint density at radius 3 is 2.25 bits per heavy atom. The molecule has 0 aliphatic heterocycles. The standard InChI is InChI=1S/C19H19F2NO5S/c1-4-26-19(25)14-8-15(10(2)3)28-17(14)22-16(23)9-27-18(24)11-5-12(20)7-13(21)6-11/h5-8,10H,4,9H2,1-3H3,(H,22,23). The minimum absolute atomic E-state index is 0.129. The first-order chi connectivity index (χ1) is 13.2. The third-order valence-electron chi connectivity index (χ3n) is 3.50. The number of halogens is 2. The van der Waals surface area contributed by atoms with Gasteiger partial charge in [-0.2, -0.15) is 0 Å². The van der Waals surface area contributed by atoms with Crippen molar-refractivity contribution < 1.29 is 32.6 Å². The first-order valence-electron chi connectivity index (χ1n) is 8.45. The fourth-order valence-electron chi connectivity index (χ4n) is 2.20. The molecule has 1 aromatic heterocycles. The predicted molar refractivity (Wildman–Crippen MR) is 99.6 cm³/mol. The lowest BCUT2D eigenvalue weighted by Crippen LogP contribution is -2.21. The highest BCUT2D eigenvalue weighted by molar-refractivity contribution is 7.16. The van der Waals surface area contributed by atoms with Crippen molar-refractivity contribution in [3.8, 4) is 0 Å². The van der Waals surface area contributed by atoms with Gasteiger partial charge in [0.25, 0.3) is 5.91 Å². The van der Waals surface area contributed by atoms with E-state index >= 15 is 0 Å². The van der Waals surface area contributed by atoms with E-state index in [1.807, 2.05) is 13.8 Å². The van der Waals surface area contributed by atoms with Gasteiger partial charge in [-0.05, 0) is 31.0 Å². The van der Waals surface area contributed by atoms with Crippen molar-refractivity contribution in [2.45, 2.75) is 26.7 Å². The summed E-state index contributed by atoms with van der Waals surface area (Å²) in [6.07, 6.45) is 0. The molecular weight excluding hydrogens is 392 g/mol. The molecule has 0 spiro atoms. The number of esters is 2. The number of nitrogens with one attached hydrogen (secondary N) is 1. The van der Waals surface area contributed by atoms with E-state index in [9.17, 15) is 23.2 Å². The molecule has 0 atom stereocenters. The van der Waals surface area contributed by atoms with Crippen molar-refractivity contribution in [1.29, 1.82) is 0 Å². The zero-order valence-electron chi connectivity index (χ0n) is 15.5. The molecule has 1 aromatic carbocycles. The van der Waals surface area contributed by atoms with Crippen LogP contribution in [0, 0.1) is 11.6 Å². The van der Waals surface area contributed by atoms with Crippen LogP contribution >= 0.6 is 11.3 Å². The van der Waals surface area contributed by atoms with Crippen LogP contribution in [0.5, 0.6) is 0 Å². The molecule has 0 aliphatic rings. The van der Waals surface area contributed by atoms with Gasteiger partial charge < -0.3 is 14.8 Å². The summed E-state index contributed by atoms with van der Waals surface area (Å²) in [7, 11) is 0. The SMILES string of the molecule is CCOC(=O)c1cc(C(C)C)sc1NC(=O)COC(=O)c1cc(F)cc(F)c1. The Balaban J connectivity index is 2.06. The first kappa shape index (κ1) is 21.5. The molecule has 0 unspecified atom stereocenters. The quantitative estimate of drug-likeness (QED) is 0.693. The number of ether oxygens (including phenoxy) is 2. The normalized spacial score (nSPS) is 10.6. The summed E-state index contributed by atoms with van der Waals surface area (Å²) in [6, 6.07) is 3.86. The van der Waals surface area contributed by atoms with Crippen molar-refractivity contribution in [3.63, 3.8) is 0 Å². The average molecular weight is 411 g/mol. The lowest BCUT2D eigenvalue weighted by Gasteiger charge is -2.07. The fourth-order valence-corrected chi connectivity index (χ4v) is 3.26. The van der Waals surface area contributed by atoms with Gasteiger partial charge in [0.15, 0.2) is 6.61 Å². The fraction of sp³-hybridized carbons (Fsp3) is 0.316. The molecule has 28 heavy (non-hydrogen) atoms. The van der Waals surface area contributed by atoms with Crippen LogP contribution in [0.1, 0.15) is 52.3 Å². The maximum Gasteiger partial charge on any atom is 0.341 e. The molecule has 6 nitrogen and oxygen atoms in total. The summed E-state index contributed by atoms with van der Waals surface area (Å²) >= 11 is 1.21. The predicted octanol–water partition coefficient (Wildman–Crippen LogP) is 4.12. The number of rotatable bonds is 7. The van der Waals surface area contributed by atoms with Gasteiger partial charge in [0.05, 0.1) is 17.7 Å². The molecule has 0 saturated carbocycles. The molecule has 9 heteroatoms. The smallest absolute Gasteiger partial charge is 0.341 e. The number of hydrogen-bond donors (Lipinski definition) is 1. The van der Waals surface area contributed by atoms with Crippen molar-refractivity contribution in [2.75, 3.05) is 18.5 Å². The molecule has 0 radical (unpaired) electrons. The summed E-state index contributed by atoms with van der Waals surface area (Å²) < 4.78 is 36.1. The number of carbonyl (C=O) groups is 3. The highest BCUT2D eigenvalue weighted by Gasteiger charge is 2.21. The van der Waals surface area contributed by atoms with E-state index in [1.165, 1.54) is 11.3 Å². The summed E-state index contributed by atoms with van der Waals surface area (Å²) in [6.45, 7) is 5.04. The van der Waals surface area contributed by atoms with Crippen molar-refractivity contribution >= 4 is 34.2 Å². The number of carbonyl (C=O) groups excluding carboxylic acids is 3. The minimum atomic E-state index is -1.05. The van der Waals surface area contributed by atoms with Gasteiger partial charge in [-0.25, -0.2) is 18.4 Å². The van der Waals surface area contributed by atoms with Gasteiger partial charge in [0, 0.05) is 10.9 Å². The summed E-state index contributed by atoms with van der Waals surface area (Å²) in [5.74, 6) is -4.07. The third kappa shape index (κ3) is 5.59. The van der Waals surface area contributed by atoms with Crippen LogP contribution in [-0.2, 0) is 14.3 Å². The molecule has 150 valence electrons. The highest BCUT2D eigenvalue weighted by Crippen LogP contribution is 2.33. The molecular formula is C19H19F2NO5S. The lowest BCUT2D eigenvalue weighted by molar-refractivity contribution is -0.119. The van der Waals surface area contributed by atoms with Crippen LogP contribution in [0.15, 0.2) is 24.3 Å². The van der Waals surface area contributed by atoms with E-state index in [0.29, 0.717) is 6.07 Å². The summed E-state index contributed by atoms with van der Waals surface area (Å²) in [5.41, 5.74) is -0.141. The number of thiophene rings is 1. The largest absolute Gasteiger partial charge is 0.462 e. The zero-order chi connectivity index (χ0) is 20.8. The number of anilines is 1. The molecule has 2 rings (SSSR count). The van der Waals surface area contributed by atoms with E-state index in [-0.39, 0.29) is 28.7 Å². The van der Waals surface area contributed by atoms with Crippen molar-refractivity contribution in [2.24, 2.45) is 0 Å². The Bertz CT molecular complexity index is 874. The minimum Gasteiger partial charge on any atom is -0.462 e. The van der Waals surface area contributed by atoms with Gasteiger partial charge in [0.2, 0.25) is 0 Å². The molecule has 1 amide bonds. The second-order valence-electron chi connectivity index (χ2n) is 6.05. The molecule has 1 heterocycles. The van der Waals surface area contributed by atoms with E-state index < -0.39 is 36.1 Å². The summed E-state index contributed by atoms with van der Waals surface area (Å²) in [5, 5.41) is 2.79. The highest BCUT2D eigenvalue weighted by atomic mass is 32.1. The average Bonchev–Trinajstić information content (AvgIpc) is 3.03. The lowest BCUT2D eigenvalue weighted by atomic mass is 10.1. The first-order valence-corrected chi connectivity index (χ1v) is 9.26. The Kier molecular flexibility index (Phi) is 7.22. The number of hydrogen-bond acceptors (Lipinski definition) is 6. The molecule has 2 aromatic rings. The number of benzene rings is 1. The molecule has 0 aliphatic carbocycles. The third-order valence-corrected chi connectivity index (χ3v) is 4.85.